The number of hydrogen-bond acceptors (Lipinski definition) is 5. The van der Waals surface area contributed by atoms with E-state index in [4.69, 9.17) is 0 Å². The topological polar surface area (TPSA) is 75.1 Å². The molecule has 1 aromatic heterocycles. The zero-order chi connectivity index (χ0) is 9.14. The molecule has 64 valence electrons. The zero-order valence-corrected chi connectivity index (χ0v) is 7.66. The number of carbonyl (C=O) groups excluding carboxylic acids is 1. The minimum absolute atomic E-state index is 0.00241. The van der Waals surface area contributed by atoms with Crippen molar-refractivity contribution in [1.82, 2.24) is 9.97 Å². The molecule has 1 aromatic rings. The summed E-state index contributed by atoms with van der Waals surface area (Å²) in [6.45, 7) is 0. The first-order valence-electron chi connectivity index (χ1n) is 2.93. The summed E-state index contributed by atoms with van der Waals surface area (Å²) in [6.07, 6.45) is 1.29. The Bertz CT molecular complexity index is 316. The summed E-state index contributed by atoms with van der Waals surface area (Å²) in [4.78, 5) is 17.6. The van der Waals surface area contributed by atoms with Gasteiger partial charge in [0.15, 0.2) is 0 Å². The molecular weight excluding hydrogens is 228 g/mol. The van der Waals surface area contributed by atoms with Gasteiger partial charge < -0.3 is 14.6 Å². The van der Waals surface area contributed by atoms with E-state index in [1.807, 2.05) is 0 Å². The van der Waals surface area contributed by atoms with E-state index in [0.29, 0.717) is 0 Å². The van der Waals surface area contributed by atoms with E-state index in [2.05, 4.69) is 30.6 Å². The SMILES string of the molecule is COc1ncc(Br)c(C(=O)[O-])n1. The summed E-state index contributed by atoms with van der Waals surface area (Å²) < 4.78 is 4.89. The number of carbonyl (C=O) groups is 1. The number of ether oxygens (including phenoxy) is 1. The molecule has 0 N–H and O–H groups in total. The molecule has 12 heavy (non-hydrogen) atoms. The van der Waals surface area contributed by atoms with Gasteiger partial charge in [-0.1, -0.05) is 0 Å². The smallest absolute Gasteiger partial charge is 0.316 e. The summed E-state index contributed by atoms with van der Waals surface area (Å²) in [5.41, 5.74) is -0.221. The number of carboxylic acids is 1. The number of rotatable bonds is 2. The van der Waals surface area contributed by atoms with Crippen LogP contribution in [0.25, 0.3) is 0 Å². The van der Waals surface area contributed by atoms with Gasteiger partial charge in [0.25, 0.3) is 0 Å². The molecule has 0 aliphatic rings. The predicted molar refractivity (Wildman–Crippen MR) is 40.6 cm³/mol. The highest BCUT2D eigenvalue weighted by atomic mass is 79.9. The second kappa shape index (κ2) is 3.48. The van der Waals surface area contributed by atoms with Crippen LogP contribution in [-0.2, 0) is 0 Å². The number of aromatic carboxylic acids is 1. The first kappa shape index (κ1) is 8.92. The van der Waals surface area contributed by atoms with Crippen molar-refractivity contribution in [1.29, 1.82) is 0 Å². The maximum atomic E-state index is 10.4. The molecule has 0 amide bonds. The van der Waals surface area contributed by atoms with Gasteiger partial charge in [0.05, 0.1) is 17.6 Å². The molecule has 0 bridgehead atoms. The molecule has 6 heteroatoms. The van der Waals surface area contributed by atoms with Crippen LogP contribution in [0.1, 0.15) is 10.5 Å². The van der Waals surface area contributed by atoms with Gasteiger partial charge in [-0.05, 0) is 15.9 Å². The van der Waals surface area contributed by atoms with Gasteiger partial charge in [0, 0.05) is 6.20 Å². The number of carboxylic acid groups (broad SMARTS) is 1. The van der Waals surface area contributed by atoms with Gasteiger partial charge in [0.2, 0.25) is 0 Å². The van der Waals surface area contributed by atoms with Crippen LogP contribution in [0.4, 0.5) is 0 Å². The van der Waals surface area contributed by atoms with E-state index in [0.717, 1.165) is 0 Å². The van der Waals surface area contributed by atoms with Crippen molar-refractivity contribution >= 4 is 21.9 Å². The molecule has 0 radical (unpaired) electrons. The molecule has 1 rings (SSSR count). The first-order chi connectivity index (χ1) is 5.65. The monoisotopic (exact) mass is 231 g/mol. The average Bonchev–Trinajstić information content (AvgIpc) is 2.05. The number of methoxy groups -OCH3 is 1. The van der Waals surface area contributed by atoms with Crippen molar-refractivity contribution in [2.24, 2.45) is 0 Å². The lowest BCUT2D eigenvalue weighted by atomic mass is 10.4. The molecule has 0 aliphatic heterocycles. The van der Waals surface area contributed by atoms with Crippen molar-refractivity contribution < 1.29 is 14.6 Å². The Balaban J connectivity index is 3.17. The fraction of sp³-hybridized carbons (Fsp3) is 0.167. The second-order valence-corrected chi connectivity index (χ2v) is 2.70. The van der Waals surface area contributed by atoms with Gasteiger partial charge in [0.1, 0.15) is 5.69 Å². The third kappa shape index (κ3) is 1.70. The Hall–Kier alpha value is -1.17. The van der Waals surface area contributed by atoms with Crippen LogP contribution in [0.2, 0.25) is 0 Å². The van der Waals surface area contributed by atoms with Crippen molar-refractivity contribution in [3.8, 4) is 6.01 Å². The van der Waals surface area contributed by atoms with Crippen LogP contribution in [0, 0.1) is 0 Å². The summed E-state index contributed by atoms with van der Waals surface area (Å²) in [7, 11) is 1.35. The minimum atomic E-state index is -1.37. The van der Waals surface area contributed by atoms with Gasteiger partial charge in [-0.2, -0.15) is 4.98 Å². The van der Waals surface area contributed by atoms with Gasteiger partial charge in [-0.3, -0.25) is 0 Å². The largest absolute Gasteiger partial charge is 0.543 e. The summed E-state index contributed by atoms with van der Waals surface area (Å²) >= 11 is 2.96. The predicted octanol–water partition coefficient (Wildman–Crippen LogP) is -0.389. The van der Waals surface area contributed by atoms with Crippen LogP contribution in [-0.4, -0.2) is 23.0 Å². The number of aromatic nitrogens is 2. The molecule has 0 fully saturated rings. The van der Waals surface area contributed by atoms with Crippen LogP contribution in [0.3, 0.4) is 0 Å². The Morgan fingerprint density at radius 1 is 1.75 bits per heavy atom. The van der Waals surface area contributed by atoms with Gasteiger partial charge in [-0.15, -0.1) is 0 Å². The van der Waals surface area contributed by atoms with E-state index in [-0.39, 0.29) is 16.2 Å². The van der Waals surface area contributed by atoms with Crippen LogP contribution in [0.5, 0.6) is 6.01 Å². The fourth-order valence-corrected chi connectivity index (χ4v) is 0.945. The third-order valence-electron chi connectivity index (χ3n) is 1.10. The van der Waals surface area contributed by atoms with E-state index in [1.165, 1.54) is 13.3 Å². The third-order valence-corrected chi connectivity index (χ3v) is 1.68. The van der Waals surface area contributed by atoms with Crippen molar-refractivity contribution in [2.45, 2.75) is 0 Å². The lowest BCUT2D eigenvalue weighted by Crippen LogP contribution is -2.24. The van der Waals surface area contributed by atoms with Crippen LogP contribution in [0.15, 0.2) is 10.7 Å². The molecule has 0 saturated heterocycles. The standard InChI is InChI=1S/C6H5BrN2O3/c1-12-6-8-2-3(7)4(9-6)5(10)11/h2H,1H3,(H,10,11)/p-1. The highest BCUT2D eigenvalue weighted by molar-refractivity contribution is 9.10. The normalized spacial score (nSPS) is 9.50. The Morgan fingerprint density at radius 2 is 2.42 bits per heavy atom. The Morgan fingerprint density at radius 3 is 2.92 bits per heavy atom. The molecule has 0 atom stereocenters. The zero-order valence-electron chi connectivity index (χ0n) is 6.07. The Kier molecular flexibility index (Phi) is 2.59. The number of hydrogen-bond donors (Lipinski definition) is 0. The van der Waals surface area contributed by atoms with Crippen LogP contribution >= 0.6 is 15.9 Å². The summed E-state index contributed by atoms with van der Waals surface area (Å²) in [6, 6.07) is -0.00241. The summed E-state index contributed by atoms with van der Waals surface area (Å²) in [5, 5.41) is 10.4. The van der Waals surface area contributed by atoms with Crippen LogP contribution < -0.4 is 9.84 Å². The maximum absolute atomic E-state index is 10.4. The Labute approximate surface area is 76.5 Å². The van der Waals surface area contributed by atoms with E-state index >= 15 is 0 Å². The molecule has 0 aliphatic carbocycles. The summed E-state index contributed by atoms with van der Waals surface area (Å²) in [5.74, 6) is -1.37. The van der Waals surface area contributed by atoms with Gasteiger partial charge >= 0.3 is 6.01 Å². The van der Waals surface area contributed by atoms with Crippen molar-refractivity contribution in [3.63, 3.8) is 0 Å². The molecule has 1 heterocycles. The minimum Gasteiger partial charge on any atom is -0.543 e. The molecule has 0 saturated carbocycles. The first-order valence-corrected chi connectivity index (χ1v) is 3.72. The highest BCUT2D eigenvalue weighted by Gasteiger charge is 2.05. The molecule has 0 aromatic carbocycles. The van der Waals surface area contributed by atoms with E-state index in [9.17, 15) is 9.90 Å². The molecule has 5 nitrogen and oxygen atoms in total. The molecule has 0 spiro atoms. The number of nitrogens with zero attached hydrogens (tertiary/aromatic N) is 2. The van der Waals surface area contributed by atoms with Crippen molar-refractivity contribution in [2.75, 3.05) is 7.11 Å². The van der Waals surface area contributed by atoms with Gasteiger partial charge in [-0.25, -0.2) is 4.98 Å². The van der Waals surface area contributed by atoms with Crippen molar-refractivity contribution in [3.05, 3.63) is 16.4 Å². The van der Waals surface area contributed by atoms with E-state index < -0.39 is 5.97 Å². The molecule has 0 unspecified atom stereocenters. The van der Waals surface area contributed by atoms with E-state index in [1.54, 1.807) is 0 Å². The second-order valence-electron chi connectivity index (χ2n) is 1.84. The average molecular weight is 232 g/mol. The number of halogens is 1. The fourth-order valence-electron chi connectivity index (χ4n) is 0.592. The quantitative estimate of drug-likeness (QED) is 0.694. The highest BCUT2D eigenvalue weighted by Crippen LogP contribution is 2.14. The maximum Gasteiger partial charge on any atom is 0.316 e. The lowest BCUT2D eigenvalue weighted by Gasteiger charge is -2.04. The molecular formula is C6H4BrN2O3-. The lowest BCUT2D eigenvalue weighted by molar-refractivity contribution is -0.255.